The second-order valence-corrected chi connectivity index (χ2v) is 8.96. The summed E-state index contributed by atoms with van der Waals surface area (Å²) in [6.07, 6.45) is 6.97. The number of unbranched alkanes of at least 4 members (excludes halogenated alkanes) is 2. The molecule has 0 aliphatic rings. The van der Waals surface area contributed by atoms with Crippen molar-refractivity contribution in [3.63, 3.8) is 0 Å². The van der Waals surface area contributed by atoms with Gasteiger partial charge in [0, 0.05) is 22.1 Å². The summed E-state index contributed by atoms with van der Waals surface area (Å²) in [5, 5.41) is 1.40. The summed E-state index contributed by atoms with van der Waals surface area (Å²) in [6.45, 7) is 4.40. The fourth-order valence-corrected chi connectivity index (χ4v) is 4.02. The molecule has 0 saturated heterocycles. The van der Waals surface area contributed by atoms with Gasteiger partial charge in [0.15, 0.2) is 0 Å². The second kappa shape index (κ2) is 12.1. The van der Waals surface area contributed by atoms with Crippen LogP contribution in [0.4, 0.5) is 4.39 Å². The Balaban J connectivity index is 1.50. The van der Waals surface area contributed by atoms with Crippen molar-refractivity contribution in [2.45, 2.75) is 52.4 Å². The number of hydrogen-bond acceptors (Lipinski definition) is 0. The summed E-state index contributed by atoms with van der Waals surface area (Å²) >= 11 is 0. The van der Waals surface area contributed by atoms with Crippen LogP contribution in [0, 0.1) is 29.5 Å². The topological polar surface area (TPSA) is 0 Å². The van der Waals surface area contributed by atoms with Crippen LogP contribution in [0.5, 0.6) is 0 Å². The molecule has 4 aromatic carbocycles. The summed E-state index contributed by atoms with van der Waals surface area (Å²) in [5.74, 6) is 12.3. The first-order valence-corrected chi connectivity index (χ1v) is 12.6. The molecule has 0 heterocycles. The molecule has 35 heavy (non-hydrogen) atoms. The zero-order chi connectivity index (χ0) is 24.5. The van der Waals surface area contributed by atoms with Crippen LogP contribution in [0.2, 0.25) is 0 Å². The van der Waals surface area contributed by atoms with Crippen LogP contribution in [-0.2, 0) is 12.8 Å². The fraction of sp³-hybridized carbons (Fsp3) is 0.235. The van der Waals surface area contributed by atoms with Crippen LogP contribution in [0.3, 0.4) is 0 Å². The molecular formula is C34H31F. The van der Waals surface area contributed by atoms with E-state index in [1.54, 1.807) is 12.1 Å². The predicted octanol–water partition coefficient (Wildman–Crippen LogP) is 8.46. The average Bonchev–Trinajstić information content (AvgIpc) is 2.90. The van der Waals surface area contributed by atoms with Crippen molar-refractivity contribution in [2.75, 3.05) is 0 Å². The van der Waals surface area contributed by atoms with Crippen LogP contribution < -0.4 is 0 Å². The van der Waals surface area contributed by atoms with Crippen molar-refractivity contribution in [3.05, 3.63) is 118 Å². The monoisotopic (exact) mass is 458 g/mol. The number of rotatable bonds is 6. The Labute approximate surface area is 209 Å². The van der Waals surface area contributed by atoms with Crippen molar-refractivity contribution in [1.82, 2.24) is 0 Å². The highest BCUT2D eigenvalue weighted by atomic mass is 19.1. The molecule has 0 N–H and O–H groups in total. The van der Waals surface area contributed by atoms with Gasteiger partial charge in [-0.3, -0.25) is 0 Å². The predicted molar refractivity (Wildman–Crippen MR) is 146 cm³/mol. The van der Waals surface area contributed by atoms with Crippen molar-refractivity contribution in [2.24, 2.45) is 0 Å². The highest BCUT2D eigenvalue weighted by Gasteiger charge is 2.06. The lowest BCUT2D eigenvalue weighted by Crippen LogP contribution is -1.88. The summed E-state index contributed by atoms with van der Waals surface area (Å²) in [4.78, 5) is 0. The van der Waals surface area contributed by atoms with Gasteiger partial charge >= 0.3 is 0 Å². The van der Waals surface area contributed by atoms with E-state index in [0.717, 1.165) is 34.9 Å². The number of fused-ring (bicyclic) bond motifs is 1. The fourth-order valence-electron chi connectivity index (χ4n) is 4.02. The summed E-state index contributed by atoms with van der Waals surface area (Å²) in [7, 11) is 0. The number of benzene rings is 4. The second-order valence-electron chi connectivity index (χ2n) is 8.96. The Bertz CT molecular complexity index is 1400. The largest absolute Gasteiger partial charge is 0.205 e. The van der Waals surface area contributed by atoms with Gasteiger partial charge in [-0.15, -0.1) is 0 Å². The van der Waals surface area contributed by atoms with E-state index in [1.807, 2.05) is 30.3 Å². The third-order valence-electron chi connectivity index (χ3n) is 6.19. The van der Waals surface area contributed by atoms with Gasteiger partial charge in [-0.2, -0.15) is 0 Å². The van der Waals surface area contributed by atoms with E-state index in [-0.39, 0.29) is 5.82 Å². The Morgan fingerprint density at radius 2 is 1.09 bits per heavy atom. The highest BCUT2D eigenvalue weighted by molar-refractivity contribution is 5.86. The molecule has 0 bridgehead atoms. The van der Waals surface area contributed by atoms with Crippen LogP contribution in [0.25, 0.3) is 10.8 Å². The van der Waals surface area contributed by atoms with E-state index in [1.165, 1.54) is 36.8 Å². The van der Waals surface area contributed by atoms with E-state index >= 15 is 4.39 Å². The summed E-state index contributed by atoms with van der Waals surface area (Å²) < 4.78 is 15.1. The molecule has 174 valence electrons. The van der Waals surface area contributed by atoms with Gasteiger partial charge in [-0.25, -0.2) is 4.39 Å². The maximum atomic E-state index is 15.1. The van der Waals surface area contributed by atoms with Crippen LogP contribution >= 0.6 is 0 Å². The standard InChI is InChI=1S/C34H31F/c1-3-5-7-26-9-13-28(14-10-26)17-18-30-20-24-33-32(25-30)23-22-31(34(33)35)21-19-29-15-11-27(12-16-29)8-6-4-2/h9-16,20,22-25H,3-8H2,1-2H3. The van der Waals surface area contributed by atoms with Gasteiger partial charge in [0.25, 0.3) is 0 Å². The van der Waals surface area contributed by atoms with Crippen LogP contribution in [0.15, 0.2) is 78.9 Å². The minimum atomic E-state index is -0.281. The van der Waals surface area contributed by atoms with E-state index in [0.29, 0.717) is 10.9 Å². The SMILES string of the molecule is CCCCc1ccc(C#Cc2ccc3c(F)c(C#Cc4ccc(CCCC)cc4)ccc3c2)cc1. The quantitative estimate of drug-likeness (QED) is 0.254. The van der Waals surface area contributed by atoms with Crippen molar-refractivity contribution in [1.29, 1.82) is 0 Å². The molecule has 0 aromatic heterocycles. The summed E-state index contributed by atoms with van der Waals surface area (Å²) in [6, 6.07) is 26.0. The molecule has 0 atom stereocenters. The average molecular weight is 459 g/mol. The van der Waals surface area contributed by atoms with E-state index in [4.69, 9.17) is 0 Å². The van der Waals surface area contributed by atoms with Crippen molar-refractivity contribution < 1.29 is 4.39 Å². The highest BCUT2D eigenvalue weighted by Crippen LogP contribution is 2.22. The molecule has 0 saturated carbocycles. The van der Waals surface area contributed by atoms with E-state index < -0.39 is 0 Å². The Morgan fingerprint density at radius 3 is 1.66 bits per heavy atom. The molecule has 0 nitrogen and oxygen atoms in total. The molecule has 0 aliphatic heterocycles. The van der Waals surface area contributed by atoms with Gasteiger partial charge in [0.1, 0.15) is 5.82 Å². The minimum absolute atomic E-state index is 0.281. The summed E-state index contributed by atoms with van der Waals surface area (Å²) in [5.41, 5.74) is 5.83. The number of halogens is 1. The molecule has 4 aromatic rings. The van der Waals surface area contributed by atoms with Gasteiger partial charge in [0.2, 0.25) is 0 Å². The first kappa shape index (κ1) is 24.3. The molecule has 0 amide bonds. The van der Waals surface area contributed by atoms with Gasteiger partial charge in [-0.05, 0) is 84.7 Å². The zero-order valence-corrected chi connectivity index (χ0v) is 20.6. The third kappa shape index (κ3) is 6.62. The Kier molecular flexibility index (Phi) is 8.38. The lowest BCUT2D eigenvalue weighted by Gasteiger charge is -2.03. The van der Waals surface area contributed by atoms with Crippen molar-refractivity contribution >= 4 is 10.8 Å². The van der Waals surface area contributed by atoms with Gasteiger partial charge < -0.3 is 0 Å². The van der Waals surface area contributed by atoms with E-state index in [9.17, 15) is 0 Å². The Hall–Kier alpha value is -3.81. The van der Waals surface area contributed by atoms with Gasteiger partial charge in [0.05, 0.1) is 5.56 Å². The first-order chi connectivity index (χ1) is 17.2. The minimum Gasteiger partial charge on any atom is -0.205 e. The number of aryl methyl sites for hydroxylation is 2. The van der Waals surface area contributed by atoms with Gasteiger partial charge in [-0.1, -0.05) is 86.8 Å². The van der Waals surface area contributed by atoms with Crippen molar-refractivity contribution in [3.8, 4) is 23.7 Å². The normalized spacial score (nSPS) is 10.4. The van der Waals surface area contributed by atoms with E-state index in [2.05, 4.69) is 73.9 Å². The molecule has 0 radical (unpaired) electrons. The molecular weight excluding hydrogens is 427 g/mol. The maximum Gasteiger partial charge on any atom is 0.146 e. The smallest absolute Gasteiger partial charge is 0.146 e. The van der Waals surface area contributed by atoms with Crippen LogP contribution in [-0.4, -0.2) is 0 Å². The Morgan fingerprint density at radius 1 is 0.571 bits per heavy atom. The molecule has 0 fully saturated rings. The lowest BCUT2D eigenvalue weighted by molar-refractivity contribution is 0.636. The maximum absolute atomic E-state index is 15.1. The third-order valence-corrected chi connectivity index (χ3v) is 6.19. The lowest BCUT2D eigenvalue weighted by atomic mass is 10.0. The first-order valence-electron chi connectivity index (χ1n) is 12.6. The zero-order valence-electron chi connectivity index (χ0n) is 20.6. The van der Waals surface area contributed by atoms with Crippen LogP contribution in [0.1, 0.15) is 72.9 Å². The molecule has 1 heteroatoms. The molecule has 4 rings (SSSR count). The molecule has 0 spiro atoms. The molecule has 0 unspecified atom stereocenters. The molecule has 0 aliphatic carbocycles. The number of hydrogen-bond donors (Lipinski definition) is 0.